The summed E-state index contributed by atoms with van der Waals surface area (Å²) in [5.41, 5.74) is 1.05. The molecular formula is C22H20BrNO7. The number of methoxy groups -OCH3 is 1. The van der Waals surface area contributed by atoms with E-state index in [0.717, 1.165) is 22.2 Å². The first-order valence-corrected chi connectivity index (χ1v) is 9.77. The van der Waals surface area contributed by atoms with E-state index >= 15 is 0 Å². The molecule has 0 radical (unpaired) electrons. The number of ether oxygens (including phenoxy) is 2. The quantitative estimate of drug-likeness (QED) is 0.364. The van der Waals surface area contributed by atoms with Crippen molar-refractivity contribution in [3.8, 4) is 11.5 Å². The van der Waals surface area contributed by atoms with Crippen LogP contribution in [0.5, 0.6) is 11.5 Å². The van der Waals surface area contributed by atoms with Crippen molar-refractivity contribution in [2.45, 2.75) is 6.61 Å². The number of carbonyl (C=O) groups is 3. The summed E-state index contributed by atoms with van der Waals surface area (Å²) in [4.78, 5) is 34.5. The summed E-state index contributed by atoms with van der Waals surface area (Å²) in [6.07, 6.45) is 4.66. The molecule has 8 nitrogen and oxygen atoms in total. The first kappa shape index (κ1) is 23.7. The van der Waals surface area contributed by atoms with Crippen LogP contribution >= 0.6 is 15.9 Å². The Morgan fingerprint density at radius 2 is 1.84 bits per heavy atom. The van der Waals surface area contributed by atoms with Gasteiger partial charge in [-0.15, -0.1) is 0 Å². The molecule has 3 N–H and O–H groups in total. The minimum absolute atomic E-state index is 0.0205. The lowest BCUT2D eigenvalue weighted by molar-refractivity contribution is -0.131. The van der Waals surface area contributed by atoms with Crippen molar-refractivity contribution in [2.75, 3.05) is 13.7 Å². The Hall–Kier alpha value is -3.59. The van der Waals surface area contributed by atoms with Gasteiger partial charge in [0.15, 0.2) is 0 Å². The van der Waals surface area contributed by atoms with Crippen molar-refractivity contribution in [3.05, 3.63) is 75.8 Å². The molecule has 0 heterocycles. The van der Waals surface area contributed by atoms with E-state index in [9.17, 15) is 19.5 Å². The lowest BCUT2D eigenvalue weighted by Crippen LogP contribution is -2.21. The molecule has 0 aliphatic heterocycles. The van der Waals surface area contributed by atoms with Gasteiger partial charge in [0.2, 0.25) is 5.91 Å². The number of esters is 1. The second-order valence-corrected chi connectivity index (χ2v) is 7.05. The molecule has 0 aliphatic carbocycles. The number of aliphatic carboxylic acids is 1. The molecule has 2 rings (SSSR count). The smallest absolute Gasteiger partial charge is 0.342 e. The second-order valence-electron chi connectivity index (χ2n) is 6.13. The van der Waals surface area contributed by atoms with Gasteiger partial charge in [-0.25, -0.2) is 9.59 Å². The summed E-state index contributed by atoms with van der Waals surface area (Å²) in [5.74, 6) is -2.53. The molecule has 0 atom stereocenters. The van der Waals surface area contributed by atoms with Gasteiger partial charge in [0.1, 0.15) is 23.7 Å². The number of hydrogen-bond donors (Lipinski definition) is 3. The van der Waals surface area contributed by atoms with E-state index in [4.69, 9.17) is 14.6 Å². The first-order chi connectivity index (χ1) is 14.8. The molecule has 0 aromatic heterocycles. The Labute approximate surface area is 186 Å². The van der Waals surface area contributed by atoms with Gasteiger partial charge >= 0.3 is 11.9 Å². The fourth-order valence-corrected chi connectivity index (χ4v) is 2.71. The van der Waals surface area contributed by atoms with Gasteiger partial charge in [-0.2, -0.15) is 0 Å². The number of halogens is 1. The third-order valence-corrected chi connectivity index (χ3v) is 4.44. The zero-order valence-electron chi connectivity index (χ0n) is 16.5. The third-order valence-electron chi connectivity index (χ3n) is 3.91. The van der Waals surface area contributed by atoms with Crippen LogP contribution in [0.4, 0.5) is 0 Å². The van der Waals surface area contributed by atoms with E-state index in [2.05, 4.69) is 21.2 Å². The highest BCUT2D eigenvalue weighted by Gasteiger charge is 2.18. The average molecular weight is 490 g/mol. The fraction of sp³-hybridized carbons (Fsp3) is 0.136. The van der Waals surface area contributed by atoms with Gasteiger partial charge in [0.25, 0.3) is 0 Å². The molecule has 162 valence electrons. The van der Waals surface area contributed by atoms with E-state index < -0.39 is 17.8 Å². The maximum Gasteiger partial charge on any atom is 0.342 e. The lowest BCUT2D eigenvalue weighted by Gasteiger charge is -2.11. The van der Waals surface area contributed by atoms with Crippen molar-refractivity contribution in [1.82, 2.24) is 5.32 Å². The summed E-state index contributed by atoms with van der Waals surface area (Å²) >= 11 is 3.33. The van der Waals surface area contributed by atoms with Crippen LogP contribution in [0.15, 0.2) is 59.1 Å². The number of carboxylic acid groups (broad SMARTS) is 1. The van der Waals surface area contributed by atoms with E-state index in [1.54, 1.807) is 18.2 Å². The largest absolute Gasteiger partial charge is 0.507 e. The average Bonchev–Trinajstić information content (AvgIpc) is 2.74. The van der Waals surface area contributed by atoms with Gasteiger partial charge in [0, 0.05) is 29.2 Å². The van der Waals surface area contributed by atoms with E-state index in [1.807, 2.05) is 12.1 Å². The molecule has 9 heteroatoms. The number of amides is 1. The molecular weight excluding hydrogens is 470 g/mol. The molecule has 0 saturated carbocycles. The number of nitrogens with one attached hydrogen (secondary N) is 1. The minimum atomic E-state index is -1.23. The minimum Gasteiger partial charge on any atom is -0.507 e. The molecule has 1 amide bonds. The molecule has 0 saturated heterocycles. The Morgan fingerprint density at radius 1 is 1.13 bits per heavy atom. The van der Waals surface area contributed by atoms with Crippen LogP contribution in [-0.4, -0.2) is 41.7 Å². The number of rotatable bonds is 9. The number of carboxylic acids is 1. The van der Waals surface area contributed by atoms with E-state index in [0.29, 0.717) is 11.3 Å². The zero-order chi connectivity index (χ0) is 22.8. The van der Waals surface area contributed by atoms with Gasteiger partial charge in [-0.3, -0.25) is 4.79 Å². The zero-order valence-corrected chi connectivity index (χ0v) is 18.1. The van der Waals surface area contributed by atoms with Crippen LogP contribution in [0.1, 0.15) is 21.5 Å². The van der Waals surface area contributed by atoms with Crippen molar-refractivity contribution < 1.29 is 34.1 Å². The van der Waals surface area contributed by atoms with Crippen LogP contribution in [-0.2, 0) is 20.9 Å². The normalized spacial score (nSPS) is 10.9. The van der Waals surface area contributed by atoms with Crippen LogP contribution in [0.3, 0.4) is 0 Å². The summed E-state index contributed by atoms with van der Waals surface area (Å²) < 4.78 is 11.3. The van der Waals surface area contributed by atoms with Gasteiger partial charge in [-0.05, 0) is 29.3 Å². The third kappa shape index (κ3) is 7.63. The summed E-state index contributed by atoms with van der Waals surface area (Å²) in [6.45, 7) is 0.0842. The predicted octanol–water partition coefficient (Wildman–Crippen LogP) is 3.29. The number of phenolic OH excluding ortho intramolecular Hbond substituents is 1. The predicted molar refractivity (Wildman–Crippen MR) is 117 cm³/mol. The van der Waals surface area contributed by atoms with Crippen molar-refractivity contribution in [1.29, 1.82) is 0 Å². The maximum absolute atomic E-state index is 12.6. The number of hydrogen-bond acceptors (Lipinski definition) is 6. The topological polar surface area (TPSA) is 122 Å². The van der Waals surface area contributed by atoms with Gasteiger partial charge in [0.05, 0.1) is 7.11 Å². The highest BCUT2D eigenvalue weighted by Crippen LogP contribution is 2.30. The van der Waals surface area contributed by atoms with Crippen LogP contribution in [0.2, 0.25) is 0 Å². The molecule has 31 heavy (non-hydrogen) atoms. The Balaban J connectivity index is 2.13. The Kier molecular flexibility index (Phi) is 8.83. The van der Waals surface area contributed by atoms with Crippen LogP contribution in [0, 0.1) is 0 Å². The molecule has 0 aliphatic rings. The number of benzene rings is 2. The van der Waals surface area contributed by atoms with E-state index in [-0.39, 0.29) is 24.5 Å². The maximum atomic E-state index is 12.6. The lowest BCUT2D eigenvalue weighted by atomic mass is 10.0. The first-order valence-electron chi connectivity index (χ1n) is 8.98. The van der Waals surface area contributed by atoms with Gasteiger partial charge < -0.3 is 25.0 Å². The SMILES string of the molecule is COc1cc(O)c(C(=O)OCc2ccc(Br)cc2)c(/C=C/CNC(=O)/C=C/C(=O)O)c1. The second kappa shape index (κ2) is 11.6. The molecule has 0 unspecified atom stereocenters. The fourth-order valence-electron chi connectivity index (χ4n) is 2.45. The van der Waals surface area contributed by atoms with Gasteiger partial charge in [-0.1, -0.05) is 40.2 Å². The summed E-state index contributed by atoms with van der Waals surface area (Å²) in [6, 6.07) is 10.1. The van der Waals surface area contributed by atoms with Crippen LogP contribution in [0.25, 0.3) is 6.08 Å². The summed E-state index contributed by atoms with van der Waals surface area (Å²) in [7, 11) is 1.42. The molecule has 2 aromatic carbocycles. The van der Waals surface area contributed by atoms with Crippen molar-refractivity contribution >= 4 is 39.9 Å². The Bertz CT molecular complexity index is 1010. The van der Waals surface area contributed by atoms with Crippen molar-refractivity contribution in [2.24, 2.45) is 0 Å². The monoisotopic (exact) mass is 489 g/mol. The Morgan fingerprint density at radius 3 is 2.48 bits per heavy atom. The molecule has 0 fully saturated rings. The standard InChI is InChI=1S/C22H20BrNO7/c1-30-17-11-15(3-2-10-24-19(26)8-9-20(27)28)21(18(25)12-17)22(29)31-13-14-4-6-16(23)7-5-14/h2-9,11-12,25H,10,13H2,1H3,(H,24,26)(H,27,28)/b3-2+,9-8+. The molecule has 0 bridgehead atoms. The molecule has 0 spiro atoms. The highest BCUT2D eigenvalue weighted by atomic mass is 79.9. The molecule has 2 aromatic rings. The number of phenols is 1. The number of aromatic hydroxyl groups is 1. The number of carbonyl (C=O) groups excluding carboxylic acids is 2. The van der Waals surface area contributed by atoms with Crippen molar-refractivity contribution in [3.63, 3.8) is 0 Å². The van der Waals surface area contributed by atoms with E-state index in [1.165, 1.54) is 25.3 Å². The highest BCUT2D eigenvalue weighted by molar-refractivity contribution is 9.10. The summed E-state index contributed by atoms with van der Waals surface area (Å²) in [5, 5.41) is 21.3. The van der Waals surface area contributed by atoms with Crippen LogP contribution < -0.4 is 10.1 Å².